The van der Waals surface area contributed by atoms with E-state index in [1.165, 1.54) is 17.7 Å². The SMILES string of the molecule is O=C(CCCc1ccccc1)c1cc(F)cc(Br)c1. The molecule has 0 amide bonds. The van der Waals surface area contributed by atoms with Crippen molar-refractivity contribution in [2.75, 3.05) is 0 Å². The Hall–Kier alpha value is -1.48. The monoisotopic (exact) mass is 320 g/mol. The van der Waals surface area contributed by atoms with Gasteiger partial charge in [0.2, 0.25) is 0 Å². The van der Waals surface area contributed by atoms with Crippen LogP contribution in [0.3, 0.4) is 0 Å². The van der Waals surface area contributed by atoms with E-state index in [0.29, 0.717) is 16.5 Å². The number of halogens is 2. The van der Waals surface area contributed by atoms with Crippen molar-refractivity contribution >= 4 is 21.7 Å². The number of benzene rings is 2. The average Bonchev–Trinajstić information content (AvgIpc) is 2.38. The van der Waals surface area contributed by atoms with Crippen LogP contribution in [-0.4, -0.2) is 5.78 Å². The van der Waals surface area contributed by atoms with Gasteiger partial charge in [-0.05, 0) is 36.6 Å². The summed E-state index contributed by atoms with van der Waals surface area (Å²) in [5.74, 6) is -0.406. The molecule has 0 bridgehead atoms. The molecule has 2 aromatic rings. The van der Waals surface area contributed by atoms with Crippen LogP contribution in [0.4, 0.5) is 4.39 Å². The molecule has 0 atom stereocenters. The summed E-state index contributed by atoms with van der Waals surface area (Å²) >= 11 is 3.19. The molecule has 0 aliphatic heterocycles. The maximum absolute atomic E-state index is 13.2. The number of carbonyl (C=O) groups is 1. The number of carbonyl (C=O) groups excluding carboxylic acids is 1. The third-order valence-corrected chi connectivity index (χ3v) is 3.35. The lowest BCUT2D eigenvalue weighted by atomic mass is 10.0. The van der Waals surface area contributed by atoms with Crippen molar-refractivity contribution in [3.05, 3.63) is 69.9 Å². The standard InChI is InChI=1S/C16H14BrFO/c17-14-9-13(10-15(18)11-14)16(19)8-4-7-12-5-2-1-3-6-12/h1-3,5-6,9-11H,4,7-8H2. The minimum Gasteiger partial charge on any atom is -0.294 e. The summed E-state index contributed by atoms with van der Waals surface area (Å²) in [6.07, 6.45) is 2.07. The Morgan fingerprint density at radius 2 is 1.84 bits per heavy atom. The molecule has 0 unspecified atom stereocenters. The lowest BCUT2D eigenvalue weighted by Gasteiger charge is -2.03. The number of aryl methyl sites for hydroxylation is 1. The fourth-order valence-electron chi connectivity index (χ4n) is 1.96. The second-order valence-electron chi connectivity index (χ2n) is 4.42. The lowest BCUT2D eigenvalue weighted by molar-refractivity contribution is 0.0979. The zero-order chi connectivity index (χ0) is 13.7. The topological polar surface area (TPSA) is 17.1 Å². The fraction of sp³-hybridized carbons (Fsp3) is 0.188. The molecule has 1 nitrogen and oxygen atoms in total. The second-order valence-corrected chi connectivity index (χ2v) is 5.34. The van der Waals surface area contributed by atoms with Gasteiger partial charge < -0.3 is 0 Å². The molecule has 98 valence electrons. The van der Waals surface area contributed by atoms with Gasteiger partial charge in [-0.3, -0.25) is 4.79 Å². The molecular weight excluding hydrogens is 307 g/mol. The first-order valence-electron chi connectivity index (χ1n) is 6.18. The highest BCUT2D eigenvalue weighted by atomic mass is 79.9. The first-order chi connectivity index (χ1) is 9.15. The highest BCUT2D eigenvalue weighted by molar-refractivity contribution is 9.10. The van der Waals surface area contributed by atoms with E-state index in [4.69, 9.17) is 0 Å². The molecule has 0 aliphatic carbocycles. The van der Waals surface area contributed by atoms with Gasteiger partial charge in [-0.25, -0.2) is 4.39 Å². The molecule has 0 N–H and O–H groups in total. The summed E-state index contributed by atoms with van der Waals surface area (Å²) in [6.45, 7) is 0. The van der Waals surface area contributed by atoms with Gasteiger partial charge in [0.25, 0.3) is 0 Å². The number of hydrogen-bond acceptors (Lipinski definition) is 1. The zero-order valence-corrected chi connectivity index (χ0v) is 12.0. The molecule has 0 heterocycles. The van der Waals surface area contributed by atoms with Gasteiger partial charge in [-0.2, -0.15) is 0 Å². The summed E-state index contributed by atoms with van der Waals surface area (Å²) in [7, 11) is 0. The predicted molar refractivity (Wildman–Crippen MR) is 77.8 cm³/mol. The third kappa shape index (κ3) is 4.28. The highest BCUT2D eigenvalue weighted by Crippen LogP contribution is 2.17. The van der Waals surface area contributed by atoms with Crippen LogP contribution in [0.15, 0.2) is 53.0 Å². The zero-order valence-electron chi connectivity index (χ0n) is 10.4. The molecule has 0 aliphatic rings. The molecule has 3 heteroatoms. The van der Waals surface area contributed by atoms with Crippen LogP contribution < -0.4 is 0 Å². The van der Waals surface area contributed by atoms with Gasteiger partial charge in [0, 0.05) is 16.5 Å². The van der Waals surface area contributed by atoms with E-state index >= 15 is 0 Å². The number of Topliss-reactive ketones (excluding diaryl/α,β-unsaturated/α-hetero) is 1. The first-order valence-corrected chi connectivity index (χ1v) is 6.97. The summed E-state index contributed by atoms with van der Waals surface area (Å²) in [5, 5.41) is 0. The van der Waals surface area contributed by atoms with Crippen molar-refractivity contribution in [2.24, 2.45) is 0 Å². The van der Waals surface area contributed by atoms with Crippen molar-refractivity contribution in [1.82, 2.24) is 0 Å². The first kappa shape index (κ1) is 13.9. The molecule has 0 radical (unpaired) electrons. The van der Waals surface area contributed by atoms with E-state index in [1.54, 1.807) is 6.07 Å². The van der Waals surface area contributed by atoms with Crippen molar-refractivity contribution in [3.63, 3.8) is 0 Å². The number of ketones is 1. The molecular formula is C16H14BrFO. The summed E-state index contributed by atoms with van der Waals surface area (Å²) in [4.78, 5) is 12.0. The van der Waals surface area contributed by atoms with Crippen LogP contribution in [0, 0.1) is 5.82 Å². The molecule has 2 aromatic carbocycles. The maximum atomic E-state index is 13.2. The largest absolute Gasteiger partial charge is 0.294 e. The van der Waals surface area contributed by atoms with E-state index in [9.17, 15) is 9.18 Å². The van der Waals surface area contributed by atoms with Crippen LogP contribution >= 0.6 is 15.9 Å². The Kier molecular flexibility index (Phi) is 4.86. The van der Waals surface area contributed by atoms with Crippen LogP contribution in [0.5, 0.6) is 0 Å². The molecule has 0 saturated heterocycles. The molecule has 0 spiro atoms. The number of hydrogen-bond donors (Lipinski definition) is 0. The van der Waals surface area contributed by atoms with E-state index < -0.39 is 0 Å². The van der Waals surface area contributed by atoms with E-state index in [1.807, 2.05) is 30.3 Å². The minimum atomic E-state index is -0.388. The molecule has 0 fully saturated rings. The van der Waals surface area contributed by atoms with Gasteiger partial charge in [0.1, 0.15) is 5.82 Å². The molecule has 19 heavy (non-hydrogen) atoms. The van der Waals surface area contributed by atoms with E-state index in [0.717, 1.165) is 12.8 Å². The van der Waals surface area contributed by atoms with Crippen molar-refractivity contribution in [3.8, 4) is 0 Å². The van der Waals surface area contributed by atoms with Gasteiger partial charge in [0.15, 0.2) is 5.78 Å². The third-order valence-electron chi connectivity index (χ3n) is 2.90. The van der Waals surface area contributed by atoms with Crippen molar-refractivity contribution in [2.45, 2.75) is 19.3 Å². The van der Waals surface area contributed by atoms with Crippen LogP contribution in [-0.2, 0) is 6.42 Å². The minimum absolute atomic E-state index is 0.0175. The maximum Gasteiger partial charge on any atom is 0.163 e. The van der Waals surface area contributed by atoms with Gasteiger partial charge in [-0.1, -0.05) is 46.3 Å². The normalized spacial score (nSPS) is 10.4. The van der Waals surface area contributed by atoms with Crippen molar-refractivity contribution in [1.29, 1.82) is 0 Å². The van der Waals surface area contributed by atoms with Crippen LogP contribution in [0.25, 0.3) is 0 Å². The van der Waals surface area contributed by atoms with Crippen molar-refractivity contribution < 1.29 is 9.18 Å². The molecule has 0 saturated carbocycles. The van der Waals surface area contributed by atoms with E-state index in [-0.39, 0.29) is 11.6 Å². The molecule has 2 rings (SSSR count). The smallest absolute Gasteiger partial charge is 0.163 e. The summed E-state index contributed by atoms with van der Waals surface area (Å²) in [5.41, 5.74) is 1.65. The van der Waals surface area contributed by atoms with Crippen LogP contribution in [0.1, 0.15) is 28.8 Å². The molecule has 0 aromatic heterocycles. The Bertz CT molecular complexity index is 546. The Labute approximate surface area is 120 Å². The quantitative estimate of drug-likeness (QED) is 0.723. The lowest BCUT2D eigenvalue weighted by Crippen LogP contribution is -2.00. The highest BCUT2D eigenvalue weighted by Gasteiger charge is 2.08. The van der Waals surface area contributed by atoms with E-state index in [2.05, 4.69) is 15.9 Å². The second kappa shape index (κ2) is 6.62. The predicted octanol–water partition coefficient (Wildman–Crippen LogP) is 4.79. The Morgan fingerprint density at radius 3 is 2.53 bits per heavy atom. The van der Waals surface area contributed by atoms with Gasteiger partial charge >= 0.3 is 0 Å². The van der Waals surface area contributed by atoms with Gasteiger partial charge in [-0.15, -0.1) is 0 Å². The summed E-state index contributed by atoms with van der Waals surface area (Å²) in [6, 6.07) is 14.3. The number of rotatable bonds is 5. The Balaban J connectivity index is 1.91. The van der Waals surface area contributed by atoms with Gasteiger partial charge in [0.05, 0.1) is 0 Å². The Morgan fingerprint density at radius 1 is 1.11 bits per heavy atom. The van der Waals surface area contributed by atoms with Crippen LogP contribution in [0.2, 0.25) is 0 Å². The average molecular weight is 321 g/mol. The summed E-state index contributed by atoms with van der Waals surface area (Å²) < 4.78 is 13.8. The fourth-order valence-corrected chi connectivity index (χ4v) is 2.42.